The summed E-state index contributed by atoms with van der Waals surface area (Å²) in [6, 6.07) is 3.65. The lowest BCUT2D eigenvalue weighted by molar-refractivity contribution is 0.0603. The highest BCUT2D eigenvalue weighted by atomic mass is 79.9. The third-order valence-corrected chi connectivity index (χ3v) is 3.18. The van der Waals surface area contributed by atoms with Crippen LogP contribution in [-0.2, 0) is 4.74 Å². The molecular formula is C10H7Br2NO2. The van der Waals surface area contributed by atoms with Gasteiger partial charge in [-0.2, -0.15) is 0 Å². The summed E-state index contributed by atoms with van der Waals surface area (Å²) in [7, 11) is 1.37. The lowest BCUT2D eigenvalue weighted by atomic mass is 10.1. The molecule has 0 radical (unpaired) electrons. The van der Waals surface area contributed by atoms with Crippen molar-refractivity contribution in [2.24, 2.45) is 0 Å². The molecule has 1 N–H and O–H groups in total. The standard InChI is InChI=1S/C10H7Br2NO2/c1-15-10(14)6-2-5(11)3-8-9(6)7(12)4-13-8/h2-4,13H,1H3. The van der Waals surface area contributed by atoms with Gasteiger partial charge in [0.15, 0.2) is 0 Å². The number of benzene rings is 1. The fourth-order valence-corrected chi connectivity index (χ4v) is 2.46. The number of hydrogen-bond acceptors (Lipinski definition) is 2. The Morgan fingerprint density at radius 2 is 2.13 bits per heavy atom. The maximum Gasteiger partial charge on any atom is 0.338 e. The summed E-state index contributed by atoms with van der Waals surface area (Å²) >= 11 is 6.73. The number of carbonyl (C=O) groups is 1. The first-order chi connectivity index (χ1) is 7.13. The molecule has 0 spiro atoms. The normalized spacial score (nSPS) is 10.6. The van der Waals surface area contributed by atoms with Crippen molar-refractivity contribution in [1.29, 1.82) is 0 Å². The molecule has 0 saturated carbocycles. The Labute approximate surface area is 103 Å². The number of methoxy groups -OCH3 is 1. The molecule has 0 aliphatic carbocycles. The van der Waals surface area contributed by atoms with E-state index in [2.05, 4.69) is 36.8 Å². The predicted octanol–water partition coefficient (Wildman–Crippen LogP) is 3.48. The van der Waals surface area contributed by atoms with Gasteiger partial charge in [-0.3, -0.25) is 0 Å². The number of fused-ring (bicyclic) bond motifs is 1. The minimum atomic E-state index is -0.346. The monoisotopic (exact) mass is 331 g/mol. The minimum absolute atomic E-state index is 0.346. The van der Waals surface area contributed by atoms with Gasteiger partial charge >= 0.3 is 5.97 Å². The van der Waals surface area contributed by atoms with E-state index in [-0.39, 0.29) is 5.97 Å². The molecule has 78 valence electrons. The number of halogens is 2. The third kappa shape index (κ3) is 1.81. The molecule has 0 atom stereocenters. The van der Waals surface area contributed by atoms with Crippen LogP contribution >= 0.6 is 31.9 Å². The highest BCUT2D eigenvalue weighted by Gasteiger charge is 2.14. The quantitative estimate of drug-likeness (QED) is 0.812. The number of H-pyrrole nitrogens is 1. The van der Waals surface area contributed by atoms with Gasteiger partial charge in [0.25, 0.3) is 0 Å². The number of esters is 1. The van der Waals surface area contributed by atoms with E-state index in [1.807, 2.05) is 6.07 Å². The average molecular weight is 333 g/mol. The summed E-state index contributed by atoms with van der Waals surface area (Å²) < 4.78 is 6.42. The van der Waals surface area contributed by atoms with E-state index in [0.29, 0.717) is 5.56 Å². The van der Waals surface area contributed by atoms with Crippen molar-refractivity contribution < 1.29 is 9.53 Å². The van der Waals surface area contributed by atoms with Crippen molar-refractivity contribution in [2.75, 3.05) is 7.11 Å². The molecule has 1 aromatic carbocycles. The molecule has 2 rings (SSSR count). The van der Waals surface area contributed by atoms with E-state index in [1.165, 1.54) is 7.11 Å². The number of carbonyl (C=O) groups excluding carboxylic acids is 1. The summed E-state index contributed by atoms with van der Waals surface area (Å²) in [5.74, 6) is -0.346. The van der Waals surface area contributed by atoms with Crippen molar-refractivity contribution in [3.63, 3.8) is 0 Å². The van der Waals surface area contributed by atoms with Crippen molar-refractivity contribution >= 4 is 48.7 Å². The maximum absolute atomic E-state index is 11.6. The first-order valence-corrected chi connectivity index (χ1v) is 5.76. The molecule has 1 aromatic heterocycles. The fraction of sp³-hybridized carbons (Fsp3) is 0.100. The fourth-order valence-electron chi connectivity index (χ4n) is 1.46. The van der Waals surface area contributed by atoms with Gasteiger partial charge < -0.3 is 9.72 Å². The van der Waals surface area contributed by atoms with Gasteiger partial charge in [-0.25, -0.2) is 4.79 Å². The molecule has 3 nitrogen and oxygen atoms in total. The van der Waals surface area contributed by atoms with E-state index < -0.39 is 0 Å². The van der Waals surface area contributed by atoms with Crippen molar-refractivity contribution in [2.45, 2.75) is 0 Å². The molecule has 1 heterocycles. The number of aromatic nitrogens is 1. The lowest BCUT2D eigenvalue weighted by Gasteiger charge is -2.02. The second kappa shape index (κ2) is 3.98. The second-order valence-corrected chi connectivity index (χ2v) is 4.77. The van der Waals surface area contributed by atoms with Gasteiger partial charge in [-0.15, -0.1) is 0 Å². The number of nitrogens with one attached hydrogen (secondary N) is 1. The van der Waals surface area contributed by atoms with Gasteiger partial charge in [0.2, 0.25) is 0 Å². The summed E-state index contributed by atoms with van der Waals surface area (Å²) in [5.41, 5.74) is 1.42. The molecule has 5 heteroatoms. The highest BCUT2D eigenvalue weighted by Crippen LogP contribution is 2.30. The van der Waals surface area contributed by atoms with Gasteiger partial charge in [0.05, 0.1) is 12.7 Å². The molecule has 0 fully saturated rings. The van der Waals surface area contributed by atoms with Crippen molar-refractivity contribution in [1.82, 2.24) is 4.98 Å². The van der Waals surface area contributed by atoms with Crippen molar-refractivity contribution in [3.05, 3.63) is 32.8 Å². The van der Waals surface area contributed by atoms with E-state index >= 15 is 0 Å². The summed E-state index contributed by atoms with van der Waals surface area (Å²) in [6.07, 6.45) is 1.80. The van der Waals surface area contributed by atoms with Crippen LogP contribution in [0.5, 0.6) is 0 Å². The molecule has 0 bridgehead atoms. The Bertz CT molecular complexity index is 533. The highest BCUT2D eigenvalue weighted by molar-refractivity contribution is 9.11. The molecule has 0 aliphatic heterocycles. The third-order valence-electron chi connectivity index (χ3n) is 2.10. The summed E-state index contributed by atoms with van der Waals surface area (Å²) in [6.45, 7) is 0. The molecular weight excluding hydrogens is 326 g/mol. The van der Waals surface area contributed by atoms with E-state index in [4.69, 9.17) is 4.74 Å². The van der Waals surface area contributed by atoms with Gasteiger partial charge in [0.1, 0.15) is 0 Å². The lowest BCUT2D eigenvalue weighted by Crippen LogP contribution is -2.01. The Kier molecular flexibility index (Phi) is 2.84. The number of rotatable bonds is 1. The topological polar surface area (TPSA) is 42.1 Å². The first-order valence-electron chi connectivity index (χ1n) is 4.18. The van der Waals surface area contributed by atoms with Crippen LogP contribution in [0.3, 0.4) is 0 Å². The van der Waals surface area contributed by atoms with Gasteiger partial charge in [-0.05, 0) is 28.1 Å². The second-order valence-electron chi connectivity index (χ2n) is 3.00. The molecule has 15 heavy (non-hydrogen) atoms. The number of hydrogen-bond donors (Lipinski definition) is 1. The van der Waals surface area contributed by atoms with Crippen LogP contribution in [-0.4, -0.2) is 18.1 Å². The largest absolute Gasteiger partial charge is 0.465 e. The Balaban J connectivity index is 2.80. The van der Waals surface area contributed by atoms with Gasteiger partial charge in [0, 0.05) is 26.0 Å². The first kappa shape index (κ1) is 10.7. The zero-order valence-corrected chi connectivity index (χ0v) is 11.0. The van der Waals surface area contributed by atoms with Crippen LogP contribution in [0.15, 0.2) is 27.3 Å². The van der Waals surface area contributed by atoms with Crippen LogP contribution < -0.4 is 0 Å². The maximum atomic E-state index is 11.6. The van der Waals surface area contributed by atoms with E-state index in [0.717, 1.165) is 19.8 Å². The van der Waals surface area contributed by atoms with Crippen molar-refractivity contribution in [3.8, 4) is 0 Å². The zero-order valence-electron chi connectivity index (χ0n) is 7.80. The molecule has 2 aromatic rings. The average Bonchev–Trinajstić information content (AvgIpc) is 2.58. The van der Waals surface area contributed by atoms with Crippen LogP contribution in [0.4, 0.5) is 0 Å². The van der Waals surface area contributed by atoms with Crippen LogP contribution in [0.1, 0.15) is 10.4 Å². The van der Waals surface area contributed by atoms with E-state index in [9.17, 15) is 4.79 Å². The molecule has 0 unspecified atom stereocenters. The predicted molar refractivity (Wildman–Crippen MR) is 65.0 cm³/mol. The SMILES string of the molecule is COC(=O)c1cc(Br)cc2[nH]cc(Br)c12. The summed E-state index contributed by atoms with van der Waals surface area (Å²) in [4.78, 5) is 14.6. The Morgan fingerprint density at radius 3 is 2.80 bits per heavy atom. The van der Waals surface area contributed by atoms with Gasteiger partial charge in [-0.1, -0.05) is 15.9 Å². The molecule has 0 amide bonds. The summed E-state index contributed by atoms with van der Waals surface area (Å²) in [5, 5.41) is 0.838. The molecule has 0 aliphatic rings. The number of aromatic amines is 1. The smallest absolute Gasteiger partial charge is 0.338 e. The van der Waals surface area contributed by atoms with Crippen LogP contribution in [0, 0.1) is 0 Å². The molecule has 0 saturated heterocycles. The van der Waals surface area contributed by atoms with E-state index in [1.54, 1.807) is 12.3 Å². The Hall–Kier alpha value is -0.810. The van der Waals surface area contributed by atoms with Crippen LogP contribution in [0.25, 0.3) is 10.9 Å². The zero-order chi connectivity index (χ0) is 11.0. The minimum Gasteiger partial charge on any atom is -0.465 e. The number of ether oxygens (including phenoxy) is 1. The Morgan fingerprint density at radius 1 is 1.40 bits per heavy atom. The van der Waals surface area contributed by atoms with Crippen LogP contribution in [0.2, 0.25) is 0 Å².